The Morgan fingerprint density at radius 1 is 1.31 bits per heavy atom. The van der Waals surface area contributed by atoms with Crippen molar-refractivity contribution in [3.63, 3.8) is 0 Å². The van der Waals surface area contributed by atoms with Gasteiger partial charge in [-0.05, 0) is 0 Å². The first kappa shape index (κ1) is 8.80. The number of ether oxygens (including phenoxy) is 1. The third-order valence-electron chi connectivity index (χ3n) is 2.49. The highest BCUT2D eigenvalue weighted by Crippen LogP contribution is 2.45. The number of halogens is 3. The maximum atomic E-state index is 11.7. The van der Waals surface area contributed by atoms with Crippen LogP contribution in [-0.2, 0) is 9.53 Å². The summed E-state index contributed by atoms with van der Waals surface area (Å²) in [5.41, 5.74) is 0. The fourth-order valence-corrected chi connectivity index (χ4v) is 1.73. The number of rotatable bonds is 1. The van der Waals surface area contributed by atoms with Gasteiger partial charge in [-0.3, -0.25) is 0 Å². The Balaban J connectivity index is 1.84. The SMILES string of the molecule is O=C(OC1C2CNCC21)C(F)(F)F. The lowest BCUT2D eigenvalue weighted by Crippen LogP contribution is -2.29. The van der Waals surface area contributed by atoms with E-state index in [-0.39, 0.29) is 11.8 Å². The molecule has 2 fully saturated rings. The zero-order valence-electron chi connectivity index (χ0n) is 6.60. The van der Waals surface area contributed by atoms with Gasteiger partial charge in [-0.25, -0.2) is 4.79 Å². The highest BCUT2D eigenvalue weighted by Gasteiger charge is 2.58. The van der Waals surface area contributed by atoms with Gasteiger partial charge < -0.3 is 10.1 Å². The van der Waals surface area contributed by atoms with Crippen LogP contribution in [0.4, 0.5) is 13.2 Å². The molecule has 13 heavy (non-hydrogen) atoms. The van der Waals surface area contributed by atoms with Crippen molar-refractivity contribution in [2.24, 2.45) is 11.8 Å². The van der Waals surface area contributed by atoms with E-state index >= 15 is 0 Å². The van der Waals surface area contributed by atoms with Gasteiger partial charge in [0.15, 0.2) is 0 Å². The largest absolute Gasteiger partial charge is 0.490 e. The summed E-state index contributed by atoms with van der Waals surface area (Å²) in [6, 6.07) is 0. The van der Waals surface area contributed by atoms with Crippen molar-refractivity contribution in [1.82, 2.24) is 5.32 Å². The van der Waals surface area contributed by atoms with Crippen LogP contribution >= 0.6 is 0 Å². The molecule has 0 bridgehead atoms. The molecule has 74 valence electrons. The van der Waals surface area contributed by atoms with E-state index in [9.17, 15) is 18.0 Å². The van der Waals surface area contributed by atoms with Gasteiger partial charge >= 0.3 is 12.1 Å². The number of hydrogen-bond acceptors (Lipinski definition) is 3. The molecule has 6 heteroatoms. The van der Waals surface area contributed by atoms with Crippen molar-refractivity contribution in [1.29, 1.82) is 0 Å². The molecule has 1 aliphatic heterocycles. The Morgan fingerprint density at radius 3 is 2.31 bits per heavy atom. The number of nitrogens with one attached hydrogen (secondary N) is 1. The summed E-state index contributed by atoms with van der Waals surface area (Å²) in [5.74, 6) is -1.86. The molecule has 0 aromatic rings. The number of carbonyl (C=O) groups is 1. The average molecular weight is 195 g/mol. The fourth-order valence-electron chi connectivity index (χ4n) is 1.73. The molecule has 0 aromatic heterocycles. The molecule has 2 aliphatic rings. The van der Waals surface area contributed by atoms with Crippen LogP contribution < -0.4 is 5.32 Å². The monoisotopic (exact) mass is 195 g/mol. The summed E-state index contributed by atoms with van der Waals surface area (Å²) in [5, 5.41) is 2.99. The molecule has 2 unspecified atom stereocenters. The van der Waals surface area contributed by atoms with Crippen LogP contribution in [0.15, 0.2) is 0 Å². The van der Waals surface area contributed by atoms with E-state index in [4.69, 9.17) is 0 Å². The topological polar surface area (TPSA) is 38.3 Å². The molecular formula is C7H8F3NO2. The fraction of sp³-hybridized carbons (Fsp3) is 0.857. The second-order valence-electron chi connectivity index (χ2n) is 3.35. The van der Waals surface area contributed by atoms with E-state index in [0.29, 0.717) is 13.1 Å². The number of esters is 1. The minimum Gasteiger partial charge on any atom is -0.455 e. The molecule has 1 aliphatic carbocycles. The van der Waals surface area contributed by atoms with Crippen LogP contribution in [0.2, 0.25) is 0 Å². The minimum absolute atomic E-state index is 0.103. The predicted molar refractivity (Wildman–Crippen MR) is 35.8 cm³/mol. The Labute approximate surface area is 72.2 Å². The summed E-state index contributed by atoms with van der Waals surface area (Å²) in [4.78, 5) is 10.4. The Morgan fingerprint density at radius 2 is 1.85 bits per heavy atom. The molecule has 2 rings (SSSR count). The number of carbonyl (C=O) groups excluding carboxylic acids is 1. The number of piperidine rings is 1. The Bertz CT molecular complexity index is 230. The summed E-state index contributed by atoms with van der Waals surface area (Å²) >= 11 is 0. The highest BCUT2D eigenvalue weighted by molar-refractivity contribution is 5.76. The van der Waals surface area contributed by atoms with Gasteiger partial charge in [0.05, 0.1) is 0 Å². The predicted octanol–water partition coefficient (Wildman–Crippen LogP) is 0.310. The molecule has 0 amide bonds. The van der Waals surface area contributed by atoms with Crippen LogP contribution in [0, 0.1) is 11.8 Å². The van der Waals surface area contributed by atoms with Gasteiger partial charge in [-0.1, -0.05) is 0 Å². The number of alkyl halides is 3. The van der Waals surface area contributed by atoms with Crippen LogP contribution in [0.5, 0.6) is 0 Å². The zero-order chi connectivity index (χ0) is 9.64. The average Bonchev–Trinajstić information content (AvgIpc) is 2.47. The zero-order valence-corrected chi connectivity index (χ0v) is 6.60. The Kier molecular flexibility index (Phi) is 1.76. The lowest BCUT2D eigenvalue weighted by atomic mass is 10.4. The van der Waals surface area contributed by atoms with Gasteiger partial charge in [-0.15, -0.1) is 0 Å². The first-order valence-electron chi connectivity index (χ1n) is 3.98. The second-order valence-corrected chi connectivity index (χ2v) is 3.35. The lowest BCUT2D eigenvalue weighted by molar-refractivity contribution is -0.202. The first-order chi connectivity index (χ1) is 6.00. The molecule has 3 nitrogen and oxygen atoms in total. The molecule has 1 saturated heterocycles. The summed E-state index contributed by atoms with van der Waals surface area (Å²) in [6.07, 6.45) is -5.36. The van der Waals surface area contributed by atoms with Gasteiger partial charge in [0.1, 0.15) is 6.10 Å². The third-order valence-corrected chi connectivity index (χ3v) is 2.49. The molecule has 1 heterocycles. The van der Waals surface area contributed by atoms with Crippen LogP contribution in [0.3, 0.4) is 0 Å². The van der Waals surface area contributed by atoms with E-state index < -0.39 is 18.2 Å². The van der Waals surface area contributed by atoms with Crippen LogP contribution in [-0.4, -0.2) is 31.3 Å². The maximum absolute atomic E-state index is 11.7. The van der Waals surface area contributed by atoms with Gasteiger partial charge in [0.2, 0.25) is 0 Å². The Hall–Kier alpha value is -0.780. The molecule has 0 aromatic carbocycles. The first-order valence-corrected chi connectivity index (χ1v) is 3.98. The van der Waals surface area contributed by atoms with Crippen molar-refractivity contribution in [3.05, 3.63) is 0 Å². The van der Waals surface area contributed by atoms with Crippen molar-refractivity contribution >= 4 is 5.97 Å². The maximum Gasteiger partial charge on any atom is 0.490 e. The smallest absolute Gasteiger partial charge is 0.455 e. The molecule has 1 saturated carbocycles. The second kappa shape index (κ2) is 2.60. The van der Waals surface area contributed by atoms with Gasteiger partial charge in [0, 0.05) is 24.9 Å². The summed E-state index contributed by atoms with van der Waals surface area (Å²) in [6.45, 7) is 1.31. The molecule has 2 atom stereocenters. The number of hydrogen-bond donors (Lipinski definition) is 1. The molecular weight excluding hydrogens is 187 g/mol. The van der Waals surface area contributed by atoms with Gasteiger partial charge in [0.25, 0.3) is 0 Å². The van der Waals surface area contributed by atoms with Crippen molar-refractivity contribution in [2.75, 3.05) is 13.1 Å². The van der Waals surface area contributed by atoms with E-state index in [1.54, 1.807) is 0 Å². The highest BCUT2D eigenvalue weighted by atomic mass is 19.4. The lowest BCUT2D eigenvalue weighted by Gasteiger charge is -2.08. The quantitative estimate of drug-likeness (QED) is 0.612. The molecule has 1 N–H and O–H groups in total. The van der Waals surface area contributed by atoms with E-state index in [2.05, 4.69) is 10.1 Å². The summed E-state index contributed by atoms with van der Waals surface area (Å²) in [7, 11) is 0. The standard InChI is InChI=1S/C7H8F3NO2/c8-7(9,10)6(12)13-5-3-1-11-2-4(3)5/h3-5,11H,1-2H2. The normalized spacial score (nSPS) is 37.0. The van der Waals surface area contributed by atoms with E-state index in [1.165, 1.54) is 0 Å². The van der Waals surface area contributed by atoms with Gasteiger partial charge in [-0.2, -0.15) is 13.2 Å². The van der Waals surface area contributed by atoms with Crippen molar-refractivity contribution in [2.45, 2.75) is 12.3 Å². The van der Waals surface area contributed by atoms with Crippen molar-refractivity contribution in [3.8, 4) is 0 Å². The van der Waals surface area contributed by atoms with E-state index in [1.807, 2.05) is 0 Å². The molecule has 0 spiro atoms. The van der Waals surface area contributed by atoms with E-state index in [0.717, 1.165) is 0 Å². The van der Waals surface area contributed by atoms with Crippen LogP contribution in [0.1, 0.15) is 0 Å². The number of fused-ring (bicyclic) bond motifs is 1. The van der Waals surface area contributed by atoms with Crippen LogP contribution in [0.25, 0.3) is 0 Å². The molecule has 0 radical (unpaired) electrons. The summed E-state index contributed by atoms with van der Waals surface area (Å²) < 4.78 is 39.5. The van der Waals surface area contributed by atoms with Crippen molar-refractivity contribution < 1.29 is 22.7 Å². The minimum atomic E-state index is -4.86. The third kappa shape index (κ3) is 1.50.